The highest BCUT2D eigenvalue weighted by atomic mass is 14.2. The molecule has 0 aliphatic heterocycles. The zero-order valence-corrected chi connectivity index (χ0v) is 8.91. The Labute approximate surface area is 85.7 Å². The SMILES string of the molecule is CC(C)(C)c1cccc(/C=C/C#N)c1. The summed E-state index contributed by atoms with van der Waals surface area (Å²) in [4.78, 5) is 0. The highest BCUT2D eigenvalue weighted by molar-refractivity contribution is 5.53. The molecule has 0 radical (unpaired) electrons. The minimum Gasteiger partial charge on any atom is -0.193 e. The van der Waals surface area contributed by atoms with E-state index in [-0.39, 0.29) is 5.41 Å². The summed E-state index contributed by atoms with van der Waals surface area (Å²) in [6.07, 6.45) is 3.33. The summed E-state index contributed by atoms with van der Waals surface area (Å²) in [5.41, 5.74) is 2.54. The van der Waals surface area contributed by atoms with Crippen LogP contribution in [0.3, 0.4) is 0 Å². The zero-order chi connectivity index (χ0) is 10.6. The van der Waals surface area contributed by atoms with Crippen molar-refractivity contribution in [2.45, 2.75) is 26.2 Å². The summed E-state index contributed by atoms with van der Waals surface area (Å²) in [5.74, 6) is 0. The molecule has 0 amide bonds. The van der Waals surface area contributed by atoms with Crippen molar-refractivity contribution in [2.24, 2.45) is 0 Å². The van der Waals surface area contributed by atoms with Crippen molar-refractivity contribution in [3.8, 4) is 6.07 Å². The molecule has 0 aliphatic carbocycles. The smallest absolute Gasteiger partial charge is 0.0912 e. The first kappa shape index (κ1) is 10.5. The third kappa shape index (κ3) is 2.74. The summed E-state index contributed by atoms with van der Waals surface area (Å²) in [5, 5.41) is 8.42. The Morgan fingerprint density at radius 1 is 1.29 bits per heavy atom. The Bertz CT molecular complexity index is 375. The van der Waals surface area contributed by atoms with Gasteiger partial charge in [-0.3, -0.25) is 0 Å². The minimum absolute atomic E-state index is 0.163. The molecule has 0 aliphatic rings. The first-order valence-corrected chi connectivity index (χ1v) is 4.71. The molecule has 0 fully saturated rings. The van der Waals surface area contributed by atoms with Crippen molar-refractivity contribution in [3.63, 3.8) is 0 Å². The predicted octanol–water partition coefficient (Wildman–Crippen LogP) is 3.52. The van der Waals surface area contributed by atoms with Crippen molar-refractivity contribution in [1.82, 2.24) is 0 Å². The average molecular weight is 185 g/mol. The third-order valence-corrected chi connectivity index (χ3v) is 2.10. The standard InChI is InChI=1S/C13H15N/c1-13(2,3)12-8-4-6-11(10-12)7-5-9-14/h4-8,10H,1-3H3/b7-5+. The first-order chi connectivity index (χ1) is 6.54. The van der Waals surface area contributed by atoms with Gasteiger partial charge in [0.1, 0.15) is 0 Å². The van der Waals surface area contributed by atoms with E-state index in [1.54, 1.807) is 0 Å². The van der Waals surface area contributed by atoms with E-state index >= 15 is 0 Å². The highest BCUT2D eigenvalue weighted by Gasteiger charge is 2.12. The van der Waals surface area contributed by atoms with Gasteiger partial charge in [-0.15, -0.1) is 0 Å². The van der Waals surface area contributed by atoms with Crippen LogP contribution in [-0.4, -0.2) is 0 Å². The van der Waals surface area contributed by atoms with Crippen molar-refractivity contribution >= 4 is 6.08 Å². The summed E-state index contributed by atoms with van der Waals surface area (Å²) >= 11 is 0. The molecule has 0 unspecified atom stereocenters. The molecule has 0 atom stereocenters. The largest absolute Gasteiger partial charge is 0.193 e. The van der Waals surface area contributed by atoms with Crippen LogP contribution in [0.2, 0.25) is 0 Å². The Morgan fingerprint density at radius 2 is 2.00 bits per heavy atom. The number of allylic oxidation sites excluding steroid dienone is 1. The van der Waals surface area contributed by atoms with Gasteiger partial charge in [0.05, 0.1) is 6.07 Å². The number of rotatable bonds is 1. The van der Waals surface area contributed by atoms with Gasteiger partial charge >= 0.3 is 0 Å². The number of benzene rings is 1. The van der Waals surface area contributed by atoms with Gasteiger partial charge in [0, 0.05) is 6.08 Å². The maximum absolute atomic E-state index is 8.42. The van der Waals surface area contributed by atoms with Gasteiger partial charge in [-0.2, -0.15) is 5.26 Å². The van der Waals surface area contributed by atoms with Gasteiger partial charge in [-0.25, -0.2) is 0 Å². The monoisotopic (exact) mass is 185 g/mol. The van der Waals surface area contributed by atoms with Crippen LogP contribution in [0.15, 0.2) is 30.3 Å². The number of hydrogen-bond acceptors (Lipinski definition) is 1. The molecule has 1 rings (SSSR count). The van der Waals surface area contributed by atoms with Crippen molar-refractivity contribution < 1.29 is 0 Å². The first-order valence-electron chi connectivity index (χ1n) is 4.71. The Morgan fingerprint density at radius 3 is 2.57 bits per heavy atom. The van der Waals surface area contributed by atoms with Crippen LogP contribution in [0.4, 0.5) is 0 Å². The lowest BCUT2D eigenvalue weighted by atomic mass is 9.86. The van der Waals surface area contributed by atoms with Gasteiger partial charge in [0.25, 0.3) is 0 Å². The predicted molar refractivity (Wildman–Crippen MR) is 59.8 cm³/mol. The number of hydrogen-bond donors (Lipinski definition) is 0. The molecule has 72 valence electrons. The molecule has 1 nitrogen and oxygen atoms in total. The Kier molecular flexibility index (Phi) is 3.09. The quantitative estimate of drug-likeness (QED) is 0.614. The maximum Gasteiger partial charge on any atom is 0.0912 e. The molecule has 0 heterocycles. The van der Waals surface area contributed by atoms with Crippen LogP contribution in [0, 0.1) is 11.3 Å². The molecule has 0 aromatic heterocycles. The summed E-state index contributed by atoms with van der Waals surface area (Å²) in [6.45, 7) is 6.54. The van der Waals surface area contributed by atoms with Crippen LogP contribution in [0.5, 0.6) is 0 Å². The van der Waals surface area contributed by atoms with E-state index in [1.165, 1.54) is 11.6 Å². The molecule has 0 saturated carbocycles. The van der Waals surface area contributed by atoms with E-state index in [1.807, 2.05) is 24.3 Å². The summed E-state index contributed by atoms with van der Waals surface area (Å²) in [7, 11) is 0. The number of nitriles is 1. The molecule has 0 spiro atoms. The summed E-state index contributed by atoms with van der Waals surface area (Å²) in [6, 6.07) is 10.3. The maximum atomic E-state index is 8.42. The Hall–Kier alpha value is -1.55. The van der Waals surface area contributed by atoms with Crippen LogP contribution in [0.25, 0.3) is 6.08 Å². The van der Waals surface area contributed by atoms with E-state index < -0.39 is 0 Å². The molecule has 0 bridgehead atoms. The van der Waals surface area contributed by atoms with Gasteiger partial charge in [-0.05, 0) is 22.6 Å². The van der Waals surface area contributed by atoms with Crippen molar-refractivity contribution in [2.75, 3.05) is 0 Å². The molecule has 1 heteroatoms. The van der Waals surface area contributed by atoms with Crippen molar-refractivity contribution in [3.05, 3.63) is 41.5 Å². The van der Waals surface area contributed by atoms with E-state index in [0.717, 1.165) is 5.56 Å². The molecule has 0 N–H and O–H groups in total. The molecular formula is C13H15N. The molecule has 14 heavy (non-hydrogen) atoms. The van der Waals surface area contributed by atoms with Crippen LogP contribution >= 0.6 is 0 Å². The van der Waals surface area contributed by atoms with Crippen LogP contribution < -0.4 is 0 Å². The fourth-order valence-electron chi connectivity index (χ4n) is 1.24. The second kappa shape index (κ2) is 4.11. The molecule has 0 saturated heterocycles. The van der Waals surface area contributed by atoms with Crippen LogP contribution in [0.1, 0.15) is 31.9 Å². The lowest BCUT2D eigenvalue weighted by Crippen LogP contribution is -2.10. The van der Waals surface area contributed by atoms with Gasteiger partial charge < -0.3 is 0 Å². The van der Waals surface area contributed by atoms with Gasteiger partial charge in [0.2, 0.25) is 0 Å². The second-order valence-electron chi connectivity index (χ2n) is 4.34. The third-order valence-electron chi connectivity index (χ3n) is 2.10. The van der Waals surface area contributed by atoms with Gasteiger partial charge in [-0.1, -0.05) is 45.0 Å². The van der Waals surface area contributed by atoms with E-state index in [4.69, 9.17) is 5.26 Å². The molecule has 1 aromatic rings. The van der Waals surface area contributed by atoms with E-state index in [9.17, 15) is 0 Å². The minimum atomic E-state index is 0.163. The summed E-state index contributed by atoms with van der Waals surface area (Å²) < 4.78 is 0. The fourth-order valence-corrected chi connectivity index (χ4v) is 1.24. The van der Waals surface area contributed by atoms with E-state index in [2.05, 4.69) is 32.9 Å². The average Bonchev–Trinajstić information content (AvgIpc) is 2.14. The van der Waals surface area contributed by atoms with Crippen LogP contribution in [-0.2, 0) is 5.41 Å². The van der Waals surface area contributed by atoms with Crippen molar-refractivity contribution in [1.29, 1.82) is 5.26 Å². The van der Waals surface area contributed by atoms with E-state index in [0.29, 0.717) is 0 Å². The lowest BCUT2D eigenvalue weighted by molar-refractivity contribution is 0.590. The Balaban J connectivity index is 3.03. The normalized spacial score (nSPS) is 11.6. The topological polar surface area (TPSA) is 23.8 Å². The molecule has 1 aromatic carbocycles. The van der Waals surface area contributed by atoms with Gasteiger partial charge in [0.15, 0.2) is 0 Å². The zero-order valence-electron chi connectivity index (χ0n) is 8.91. The number of nitrogens with zero attached hydrogens (tertiary/aromatic N) is 1. The lowest BCUT2D eigenvalue weighted by Gasteiger charge is -2.19. The fraction of sp³-hybridized carbons (Fsp3) is 0.308. The second-order valence-corrected chi connectivity index (χ2v) is 4.34. The highest BCUT2D eigenvalue weighted by Crippen LogP contribution is 2.23. The molecular weight excluding hydrogens is 170 g/mol.